The molecule has 2 fully saturated rings. The third-order valence-electron chi connectivity index (χ3n) is 7.34. The first-order valence-electron chi connectivity index (χ1n) is 13.1. The Morgan fingerprint density at radius 2 is 2.03 bits per heavy atom. The van der Waals surface area contributed by atoms with Gasteiger partial charge in [-0.1, -0.05) is 6.07 Å². The molecule has 2 bridgehead atoms. The summed E-state index contributed by atoms with van der Waals surface area (Å²) in [6, 6.07) is 6.19. The number of phenolic OH excluding ortho intramolecular Hbond substituents is 1. The molecule has 8 nitrogen and oxygen atoms in total. The molecule has 5 rings (SSSR count). The molecule has 2 aliphatic heterocycles. The van der Waals surface area contributed by atoms with Crippen molar-refractivity contribution in [3.63, 3.8) is 0 Å². The minimum atomic E-state index is -2.24. The predicted octanol–water partition coefficient (Wildman–Crippen LogP) is 4.26. The van der Waals surface area contributed by atoms with Crippen molar-refractivity contribution in [3.8, 4) is 28.3 Å². The van der Waals surface area contributed by atoms with Crippen molar-refractivity contribution in [2.75, 3.05) is 18.1 Å². The second-order valence-electron chi connectivity index (χ2n) is 10.00. The average Bonchev–Trinajstić information content (AvgIpc) is 2.85. The fourth-order valence-electron chi connectivity index (χ4n) is 5.52. The molecular weight excluding hydrogens is 465 g/mol. The summed E-state index contributed by atoms with van der Waals surface area (Å²) < 4.78 is 37.9. The van der Waals surface area contributed by atoms with Gasteiger partial charge in [-0.15, -0.1) is 27.1 Å². The third-order valence-corrected chi connectivity index (χ3v) is 7.74. The van der Waals surface area contributed by atoms with Crippen LogP contribution in [0.2, 0.25) is 0 Å². The fourth-order valence-corrected chi connectivity index (χ4v) is 5.80. The molecule has 3 aromatic rings. The molecule has 2 aliphatic rings. The number of hydrogen-bond donors (Lipinski definition) is 2. The van der Waals surface area contributed by atoms with Crippen LogP contribution in [-0.2, 0) is 0 Å². The molecule has 2 saturated heterocycles. The fraction of sp³-hybridized carbons (Fsp3) is 0.480. The maximum absolute atomic E-state index is 15.6. The molecule has 0 amide bonds. The molecule has 4 atom stereocenters. The topological polar surface area (TPSA) is 100.0 Å². The van der Waals surface area contributed by atoms with Crippen LogP contribution in [0, 0.1) is 0 Å². The third kappa shape index (κ3) is 4.45. The van der Waals surface area contributed by atoms with E-state index >= 15 is 4.39 Å². The molecule has 35 heavy (non-hydrogen) atoms. The summed E-state index contributed by atoms with van der Waals surface area (Å²) in [4.78, 5) is 6.24. The van der Waals surface area contributed by atoms with Crippen LogP contribution in [0.5, 0.6) is 5.75 Å². The highest BCUT2D eigenvalue weighted by Gasteiger charge is 2.53. The quantitative estimate of drug-likeness (QED) is 0.500. The lowest BCUT2D eigenvalue weighted by Crippen LogP contribution is -2.72. The lowest BCUT2D eigenvalue weighted by atomic mass is 9.68. The highest BCUT2D eigenvalue weighted by atomic mass is 32.2. The first-order chi connectivity index (χ1) is 17.9. The standard InChI is InChI=1S/C25H30FN7OS/c1-24-8-5-9-25(2,32-24)22(26)18(12-24)33(3)20-14-27-23(31-29-20)17-7-6-15(10-19(17)34)16-11-21(35-4)30-28-13-16/h6-7,10-11,13-14,18,22,32,34H,5,8-9,12H2,1-4H3/t18-,22-,24-,25+/m1/s1/i4D3. The molecule has 0 radical (unpaired) electrons. The lowest BCUT2D eigenvalue weighted by Gasteiger charge is -2.56. The highest BCUT2D eigenvalue weighted by molar-refractivity contribution is 7.98. The molecule has 2 N–H and O–H groups in total. The number of nitrogens with zero attached hydrogens (tertiary/aromatic N) is 6. The molecule has 184 valence electrons. The number of hydrogen-bond acceptors (Lipinski definition) is 9. The number of alkyl halides is 1. The van der Waals surface area contributed by atoms with Crippen molar-refractivity contribution in [2.24, 2.45) is 0 Å². The first-order valence-corrected chi connectivity index (χ1v) is 12.4. The number of benzene rings is 1. The maximum atomic E-state index is 15.6. The van der Waals surface area contributed by atoms with Crippen molar-refractivity contribution in [1.29, 1.82) is 0 Å². The van der Waals surface area contributed by atoms with E-state index in [0.29, 0.717) is 40.7 Å². The van der Waals surface area contributed by atoms with E-state index in [4.69, 9.17) is 4.11 Å². The van der Waals surface area contributed by atoms with E-state index in [1.807, 2.05) is 18.9 Å². The molecule has 0 saturated carbocycles. The molecule has 1 aromatic carbocycles. The van der Waals surface area contributed by atoms with Crippen molar-refractivity contribution >= 4 is 17.6 Å². The van der Waals surface area contributed by atoms with Gasteiger partial charge in [0.25, 0.3) is 0 Å². The zero-order chi connectivity index (χ0) is 27.3. The Morgan fingerprint density at radius 3 is 2.77 bits per heavy atom. The van der Waals surface area contributed by atoms with Gasteiger partial charge >= 0.3 is 0 Å². The number of nitrogens with one attached hydrogen (secondary N) is 1. The molecule has 0 aliphatic carbocycles. The second kappa shape index (κ2) is 8.98. The van der Waals surface area contributed by atoms with Gasteiger partial charge in [-0.25, -0.2) is 9.37 Å². The number of thioether (sulfide) groups is 1. The van der Waals surface area contributed by atoms with Crippen LogP contribution in [0.4, 0.5) is 10.2 Å². The van der Waals surface area contributed by atoms with Crippen LogP contribution >= 0.6 is 11.8 Å². The number of piperidine rings is 2. The van der Waals surface area contributed by atoms with E-state index in [-0.39, 0.29) is 28.2 Å². The van der Waals surface area contributed by atoms with Crippen LogP contribution in [0.3, 0.4) is 0 Å². The van der Waals surface area contributed by atoms with Crippen LogP contribution in [-0.4, -0.2) is 67.0 Å². The summed E-state index contributed by atoms with van der Waals surface area (Å²) >= 11 is 0.636. The molecule has 10 heteroatoms. The Balaban J connectivity index is 1.35. The molecule has 4 heterocycles. The number of aromatic hydroxyl groups is 1. The predicted molar refractivity (Wildman–Crippen MR) is 135 cm³/mol. The van der Waals surface area contributed by atoms with E-state index < -0.39 is 17.9 Å². The lowest BCUT2D eigenvalue weighted by molar-refractivity contribution is 0.00193. The number of halogens is 1. The number of aromatic nitrogens is 5. The van der Waals surface area contributed by atoms with Gasteiger partial charge in [-0.3, -0.25) is 0 Å². The van der Waals surface area contributed by atoms with Gasteiger partial charge in [0.1, 0.15) is 16.9 Å². The number of rotatable bonds is 5. The van der Waals surface area contributed by atoms with Gasteiger partial charge in [0.05, 0.1) is 24.0 Å². The van der Waals surface area contributed by atoms with Gasteiger partial charge in [0, 0.05) is 27.8 Å². The Labute approximate surface area is 213 Å². The molecule has 0 spiro atoms. The Bertz CT molecular complexity index is 1330. The van der Waals surface area contributed by atoms with Gasteiger partial charge in [0.15, 0.2) is 11.6 Å². The summed E-state index contributed by atoms with van der Waals surface area (Å²) in [5.41, 5.74) is 0.924. The van der Waals surface area contributed by atoms with Crippen LogP contribution in [0.25, 0.3) is 22.5 Å². The Kier molecular flexibility index (Phi) is 5.22. The van der Waals surface area contributed by atoms with Gasteiger partial charge < -0.3 is 15.3 Å². The number of phenols is 1. The van der Waals surface area contributed by atoms with Crippen molar-refractivity contribution < 1.29 is 13.6 Å². The summed E-state index contributed by atoms with van der Waals surface area (Å²) in [6.45, 7) is 4.12. The van der Waals surface area contributed by atoms with E-state index in [1.54, 1.807) is 24.4 Å². The van der Waals surface area contributed by atoms with E-state index in [0.717, 1.165) is 19.3 Å². The van der Waals surface area contributed by atoms with Gasteiger partial charge in [-0.2, -0.15) is 5.10 Å². The van der Waals surface area contributed by atoms with E-state index in [2.05, 4.69) is 37.6 Å². The molecular formula is C25H30FN7OS. The normalized spacial score (nSPS) is 29.7. The zero-order valence-electron chi connectivity index (χ0n) is 22.9. The monoisotopic (exact) mass is 498 g/mol. The second-order valence-corrected chi connectivity index (χ2v) is 10.6. The average molecular weight is 499 g/mol. The summed E-state index contributed by atoms with van der Waals surface area (Å²) in [6.07, 6.45) is 3.20. The summed E-state index contributed by atoms with van der Waals surface area (Å²) in [7, 11) is 1.82. The van der Waals surface area contributed by atoms with E-state index in [9.17, 15) is 5.11 Å². The van der Waals surface area contributed by atoms with Crippen molar-refractivity contribution in [1.82, 2.24) is 30.7 Å². The smallest absolute Gasteiger partial charge is 0.185 e. The molecule has 2 aromatic heterocycles. The van der Waals surface area contributed by atoms with Crippen LogP contribution < -0.4 is 10.2 Å². The first kappa shape index (κ1) is 20.4. The minimum Gasteiger partial charge on any atom is -0.507 e. The number of fused-ring (bicyclic) bond motifs is 2. The van der Waals surface area contributed by atoms with Gasteiger partial charge in [-0.05, 0) is 69.5 Å². The highest BCUT2D eigenvalue weighted by Crippen LogP contribution is 2.43. The molecule has 0 unspecified atom stereocenters. The minimum absolute atomic E-state index is 0.0666. The summed E-state index contributed by atoms with van der Waals surface area (Å²) in [5, 5.41) is 30.8. The Hall–Kier alpha value is -2.85. The van der Waals surface area contributed by atoms with Gasteiger partial charge in [0.2, 0.25) is 0 Å². The summed E-state index contributed by atoms with van der Waals surface area (Å²) in [5.74, 6) is 0.630. The number of anilines is 1. The Morgan fingerprint density at radius 1 is 1.17 bits per heavy atom. The van der Waals surface area contributed by atoms with Crippen molar-refractivity contribution in [2.45, 2.75) is 67.8 Å². The zero-order valence-corrected chi connectivity index (χ0v) is 20.7. The van der Waals surface area contributed by atoms with Crippen molar-refractivity contribution in [3.05, 3.63) is 36.7 Å². The largest absolute Gasteiger partial charge is 0.507 e. The van der Waals surface area contributed by atoms with Crippen LogP contribution in [0.1, 0.15) is 43.6 Å². The maximum Gasteiger partial charge on any atom is 0.185 e. The SMILES string of the molecule is [2H]C([2H])([2H])Sc1cc(-c2ccc(-c3ncc(N(C)[C@@H]4C[C@@]5(C)CCC[C@](C)(N5)[C@@H]4F)nn3)c(O)c2)cnn1. The van der Waals surface area contributed by atoms with Crippen LogP contribution in [0.15, 0.2) is 41.7 Å². The van der Waals surface area contributed by atoms with E-state index in [1.165, 1.54) is 12.3 Å².